The van der Waals surface area contributed by atoms with Gasteiger partial charge in [-0.05, 0) is 37.3 Å². The van der Waals surface area contributed by atoms with Gasteiger partial charge in [0.25, 0.3) is 5.91 Å². The van der Waals surface area contributed by atoms with E-state index in [9.17, 15) is 4.79 Å². The molecule has 0 saturated carbocycles. The summed E-state index contributed by atoms with van der Waals surface area (Å²) in [5.74, 6) is 0.412. The van der Waals surface area contributed by atoms with Crippen molar-refractivity contribution in [2.75, 3.05) is 11.5 Å². The molecule has 0 spiro atoms. The number of fused-ring (bicyclic) bond motifs is 1. The van der Waals surface area contributed by atoms with E-state index >= 15 is 0 Å². The fraction of sp³-hybridized carbons (Fsp3) is 0.150. The van der Waals surface area contributed by atoms with Gasteiger partial charge in [0.15, 0.2) is 5.13 Å². The molecule has 29 heavy (non-hydrogen) atoms. The van der Waals surface area contributed by atoms with Crippen molar-refractivity contribution >= 4 is 67.1 Å². The second-order valence-corrected chi connectivity index (χ2v) is 9.28. The first kappa shape index (κ1) is 20.1. The zero-order chi connectivity index (χ0) is 20.4. The van der Waals surface area contributed by atoms with Crippen LogP contribution in [-0.2, 0) is 6.54 Å². The number of pyridine rings is 1. The Labute approximate surface area is 185 Å². The van der Waals surface area contributed by atoms with E-state index in [1.807, 2.05) is 43.3 Å². The summed E-state index contributed by atoms with van der Waals surface area (Å²) in [6.07, 6.45) is 1.69. The van der Waals surface area contributed by atoms with Crippen LogP contribution in [-0.4, -0.2) is 22.5 Å². The van der Waals surface area contributed by atoms with Gasteiger partial charge >= 0.3 is 0 Å². The summed E-state index contributed by atoms with van der Waals surface area (Å²) < 4.78 is 7.43. The van der Waals surface area contributed by atoms with Crippen molar-refractivity contribution in [3.63, 3.8) is 0 Å². The molecule has 0 bridgehead atoms. The van der Waals surface area contributed by atoms with Gasteiger partial charge in [-0.1, -0.05) is 46.7 Å². The Hall–Kier alpha value is -2.19. The number of hydrogen-bond donors (Lipinski definition) is 0. The Morgan fingerprint density at radius 2 is 2.03 bits per heavy atom. The molecule has 0 aliphatic heterocycles. The number of para-hydroxylation sites is 1. The predicted octanol–water partition coefficient (Wildman–Crippen LogP) is 6.31. The zero-order valence-electron chi connectivity index (χ0n) is 15.3. The molecular weight excluding hydrogens is 449 g/mol. The summed E-state index contributed by atoms with van der Waals surface area (Å²) in [6, 6.07) is 12.9. The van der Waals surface area contributed by atoms with Crippen LogP contribution in [0.4, 0.5) is 5.13 Å². The van der Waals surface area contributed by atoms with E-state index < -0.39 is 0 Å². The van der Waals surface area contributed by atoms with E-state index in [0.717, 1.165) is 27.2 Å². The van der Waals surface area contributed by atoms with Crippen molar-refractivity contribution in [2.45, 2.75) is 13.5 Å². The number of ether oxygens (including phenoxy) is 1. The van der Waals surface area contributed by atoms with E-state index in [4.69, 9.17) is 32.9 Å². The molecule has 0 radical (unpaired) electrons. The van der Waals surface area contributed by atoms with Gasteiger partial charge in [0, 0.05) is 6.20 Å². The first-order valence-corrected chi connectivity index (χ1v) is 11.1. The van der Waals surface area contributed by atoms with Gasteiger partial charge < -0.3 is 4.74 Å². The number of thiophene rings is 1. The third kappa shape index (κ3) is 4.23. The predicted molar refractivity (Wildman–Crippen MR) is 120 cm³/mol. The fourth-order valence-corrected chi connectivity index (χ4v) is 5.24. The highest BCUT2D eigenvalue weighted by molar-refractivity contribution is 7.22. The minimum Gasteiger partial charge on any atom is -0.492 e. The summed E-state index contributed by atoms with van der Waals surface area (Å²) in [7, 11) is 0. The molecule has 5 nitrogen and oxygen atoms in total. The molecule has 3 heterocycles. The SMILES string of the molecule is CCOc1cccc2sc(N(Cc3ccccn3)C(=O)c3cc(Cl)sc3Cl)nc12. The first-order valence-electron chi connectivity index (χ1n) is 8.75. The van der Waals surface area contributed by atoms with Gasteiger partial charge in [0.05, 0.1) is 33.4 Å². The number of amides is 1. The number of halogens is 2. The molecule has 148 valence electrons. The second kappa shape index (κ2) is 8.67. The minimum absolute atomic E-state index is 0.257. The van der Waals surface area contributed by atoms with Crippen molar-refractivity contribution in [1.29, 1.82) is 0 Å². The highest BCUT2D eigenvalue weighted by Gasteiger charge is 2.26. The maximum Gasteiger partial charge on any atom is 0.262 e. The third-order valence-electron chi connectivity index (χ3n) is 4.08. The topological polar surface area (TPSA) is 55.3 Å². The summed E-state index contributed by atoms with van der Waals surface area (Å²) in [6.45, 7) is 2.71. The maximum atomic E-state index is 13.4. The molecule has 0 N–H and O–H groups in total. The van der Waals surface area contributed by atoms with Crippen LogP contribution in [0.25, 0.3) is 10.2 Å². The Balaban J connectivity index is 1.79. The first-order chi connectivity index (χ1) is 14.1. The third-order valence-corrected chi connectivity index (χ3v) is 6.61. The fourth-order valence-electron chi connectivity index (χ4n) is 2.81. The maximum absolute atomic E-state index is 13.4. The average molecular weight is 464 g/mol. The van der Waals surface area contributed by atoms with Crippen molar-refractivity contribution in [3.8, 4) is 5.75 Å². The molecule has 3 aromatic heterocycles. The van der Waals surface area contributed by atoms with Crippen molar-refractivity contribution in [3.05, 3.63) is 68.6 Å². The van der Waals surface area contributed by atoms with E-state index in [-0.39, 0.29) is 12.5 Å². The summed E-state index contributed by atoms with van der Waals surface area (Å²) in [5, 5.41) is 0.543. The number of hydrogen-bond acceptors (Lipinski definition) is 6. The lowest BCUT2D eigenvalue weighted by molar-refractivity contribution is 0.0985. The molecule has 0 aliphatic carbocycles. The van der Waals surface area contributed by atoms with Gasteiger partial charge in [-0.2, -0.15) is 0 Å². The summed E-state index contributed by atoms with van der Waals surface area (Å²) in [5.41, 5.74) is 1.81. The molecule has 4 rings (SSSR count). The van der Waals surface area contributed by atoms with Crippen LogP contribution in [0.1, 0.15) is 23.0 Å². The lowest BCUT2D eigenvalue weighted by Gasteiger charge is -2.19. The molecule has 0 unspecified atom stereocenters. The molecule has 9 heteroatoms. The number of nitrogens with zero attached hydrogens (tertiary/aromatic N) is 3. The van der Waals surface area contributed by atoms with Crippen LogP contribution in [0.15, 0.2) is 48.7 Å². The number of carbonyl (C=O) groups is 1. The summed E-state index contributed by atoms with van der Waals surface area (Å²) >= 11 is 14.9. The lowest BCUT2D eigenvalue weighted by atomic mass is 10.2. The van der Waals surface area contributed by atoms with Crippen molar-refractivity contribution in [1.82, 2.24) is 9.97 Å². The highest BCUT2D eigenvalue weighted by Crippen LogP contribution is 2.37. The van der Waals surface area contributed by atoms with Crippen LogP contribution in [0.5, 0.6) is 5.75 Å². The number of rotatable bonds is 6. The van der Waals surface area contributed by atoms with E-state index in [1.165, 1.54) is 11.3 Å². The van der Waals surface area contributed by atoms with Crippen molar-refractivity contribution in [2.24, 2.45) is 0 Å². The monoisotopic (exact) mass is 463 g/mol. The second-order valence-electron chi connectivity index (χ2n) is 5.98. The number of aromatic nitrogens is 2. The molecule has 4 aromatic rings. The highest BCUT2D eigenvalue weighted by atomic mass is 35.5. The Morgan fingerprint density at radius 3 is 2.72 bits per heavy atom. The van der Waals surface area contributed by atoms with E-state index in [1.54, 1.807) is 17.2 Å². The molecule has 0 saturated heterocycles. The number of benzene rings is 1. The molecule has 0 atom stereocenters. The standard InChI is InChI=1S/C20H15Cl2N3O2S2/c1-2-27-14-7-5-8-15-17(14)24-20(28-15)25(11-12-6-3-4-9-23-12)19(26)13-10-16(21)29-18(13)22/h3-10H,2,11H2,1H3. The van der Waals surface area contributed by atoms with Crippen LogP contribution in [0.3, 0.4) is 0 Å². The van der Waals surface area contributed by atoms with Crippen molar-refractivity contribution < 1.29 is 9.53 Å². The van der Waals surface area contributed by atoms with Gasteiger partial charge in [0.2, 0.25) is 0 Å². The number of carbonyl (C=O) groups excluding carboxylic acids is 1. The molecule has 1 amide bonds. The smallest absolute Gasteiger partial charge is 0.262 e. The van der Waals surface area contributed by atoms with Gasteiger partial charge in [0.1, 0.15) is 15.6 Å². The Kier molecular flexibility index (Phi) is 6.01. The largest absolute Gasteiger partial charge is 0.492 e. The van der Waals surface area contributed by atoms with E-state index in [2.05, 4.69) is 4.98 Å². The van der Waals surface area contributed by atoms with Crippen LogP contribution < -0.4 is 9.64 Å². The van der Waals surface area contributed by atoms with Gasteiger partial charge in [-0.25, -0.2) is 4.98 Å². The van der Waals surface area contributed by atoms with Crippen LogP contribution in [0, 0.1) is 0 Å². The molecular formula is C20H15Cl2N3O2S2. The Bertz CT molecular complexity index is 1160. The molecule has 0 aliphatic rings. The average Bonchev–Trinajstić information content (AvgIpc) is 3.30. The number of thiazole rings is 1. The molecule has 0 fully saturated rings. The quantitative estimate of drug-likeness (QED) is 0.336. The van der Waals surface area contributed by atoms with E-state index in [0.29, 0.717) is 31.7 Å². The number of anilines is 1. The van der Waals surface area contributed by atoms with Crippen LogP contribution >= 0.6 is 45.9 Å². The van der Waals surface area contributed by atoms with Gasteiger partial charge in [-0.3, -0.25) is 14.7 Å². The zero-order valence-corrected chi connectivity index (χ0v) is 18.4. The normalized spacial score (nSPS) is 11.0. The van der Waals surface area contributed by atoms with Gasteiger partial charge in [-0.15, -0.1) is 11.3 Å². The Morgan fingerprint density at radius 1 is 1.17 bits per heavy atom. The minimum atomic E-state index is -0.277. The molecule has 1 aromatic carbocycles. The summed E-state index contributed by atoms with van der Waals surface area (Å²) in [4.78, 5) is 24.0. The van der Waals surface area contributed by atoms with Crippen LogP contribution in [0.2, 0.25) is 8.67 Å². The lowest BCUT2D eigenvalue weighted by Crippen LogP contribution is -2.30.